The summed E-state index contributed by atoms with van der Waals surface area (Å²) in [5.74, 6) is -6.28. The first-order chi connectivity index (χ1) is 7.75. The number of hydrogen-bond acceptors (Lipinski definition) is 5. The van der Waals surface area contributed by atoms with Gasteiger partial charge in [0.05, 0.1) is 0 Å². The molecule has 13 heteroatoms. The molecule has 1 unspecified atom stereocenters. The largest absolute Gasteiger partial charge is 1.00 e. The molecule has 0 amide bonds. The number of aliphatic carboxylic acids is 4. The molecule has 0 heterocycles. The minimum absolute atomic E-state index is 0. The van der Waals surface area contributed by atoms with Gasteiger partial charge in [-0.3, -0.25) is 14.9 Å². The van der Waals surface area contributed by atoms with E-state index in [1.165, 1.54) is 0 Å². The number of nitrogens with one attached hydrogen (secondary N) is 1. The van der Waals surface area contributed by atoms with Crippen LogP contribution in [0.4, 0.5) is 0 Å². The summed E-state index contributed by atoms with van der Waals surface area (Å²) in [5, 5.41) is 35.8. The SMILES string of the molecule is O=C(O)CCC(NC(C(=O)O)C(=O)O)C(=O)O.[H-].[H-].[H-].[H-].[Na+].[Na+].[Na+].[Na+]. The second-order valence-electron chi connectivity index (χ2n) is 3.10. The molecular weight excluding hydrogens is 330 g/mol. The maximum Gasteiger partial charge on any atom is 1.00 e. The fourth-order valence-electron chi connectivity index (χ4n) is 0.995. The molecule has 0 aliphatic heterocycles. The topological polar surface area (TPSA) is 161 Å². The van der Waals surface area contributed by atoms with Crippen LogP contribution in [0.3, 0.4) is 0 Å². The minimum Gasteiger partial charge on any atom is -1.00 e. The van der Waals surface area contributed by atoms with Crippen molar-refractivity contribution in [2.24, 2.45) is 0 Å². The molecule has 0 aromatic rings. The predicted molar refractivity (Wildman–Crippen MR) is 54.9 cm³/mol. The molecule has 0 rings (SSSR count). The van der Waals surface area contributed by atoms with Crippen LogP contribution in [0.2, 0.25) is 0 Å². The monoisotopic (exact) mass is 345 g/mol. The van der Waals surface area contributed by atoms with E-state index in [9.17, 15) is 19.2 Å². The van der Waals surface area contributed by atoms with Crippen molar-refractivity contribution in [3.05, 3.63) is 0 Å². The first-order valence-corrected chi connectivity index (χ1v) is 4.42. The summed E-state index contributed by atoms with van der Waals surface area (Å²) in [7, 11) is 0. The van der Waals surface area contributed by atoms with Crippen molar-refractivity contribution in [1.29, 1.82) is 0 Å². The van der Waals surface area contributed by atoms with Crippen molar-refractivity contribution >= 4 is 23.9 Å². The van der Waals surface area contributed by atoms with Crippen LogP contribution >= 0.6 is 0 Å². The molecule has 1 atom stereocenters. The molecule has 0 fully saturated rings. The third kappa shape index (κ3) is 16.5. The van der Waals surface area contributed by atoms with Gasteiger partial charge in [-0.25, -0.2) is 9.59 Å². The van der Waals surface area contributed by atoms with Gasteiger partial charge in [-0.1, -0.05) is 0 Å². The van der Waals surface area contributed by atoms with E-state index in [1.807, 2.05) is 5.32 Å². The average Bonchev–Trinajstić information content (AvgIpc) is 2.15. The third-order valence-corrected chi connectivity index (χ3v) is 1.81. The molecule has 9 nitrogen and oxygen atoms in total. The van der Waals surface area contributed by atoms with E-state index in [0.717, 1.165) is 0 Å². The zero-order valence-corrected chi connectivity index (χ0v) is 20.5. The third-order valence-electron chi connectivity index (χ3n) is 1.81. The van der Waals surface area contributed by atoms with Gasteiger partial charge in [-0.05, 0) is 6.42 Å². The van der Waals surface area contributed by atoms with Crippen LogP contribution in [0.15, 0.2) is 0 Å². The number of carboxylic acid groups (broad SMARTS) is 4. The van der Waals surface area contributed by atoms with Gasteiger partial charge in [0, 0.05) is 6.42 Å². The summed E-state index contributed by atoms with van der Waals surface area (Å²) >= 11 is 0. The Labute approximate surface area is 214 Å². The number of hydrogen-bond donors (Lipinski definition) is 5. The van der Waals surface area contributed by atoms with Crippen molar-refractivity contribution in [1.82, 2.24) is 5.32 Å². The Morgan fingerprint density at radius 1 is 0.810 bits per heavy atom. The summed E-state index contributed by atoms with van der Waals surface area (Å²) < 4.78 is 0. The van der Waals surface area contributed by atoms with Crippen LogP contribution in [0.25, 0.3) is 0 Å². The predicted octanol–water partition coefficient (Wildman–Crippen LogP) is -13.1. The molecular formula is C8H15NNa4O8. The Morgan fingerprint density at radius 2 is 1.19 bits per heavy atom. The van der Waals surface area contributed by atoms with Gasteiger partial charge < -0.3 is 26.1 Å². The molecule has 104 valence electrons. The Balaban J connectivity index is -0.0000000457. The molecule has 21 heavy (non-hydrogen) atoms. The molecule has 0 aliphatic rings. The fraction of sp³-hybridized carbons (Fsp3) is 0.500. The van der Waals surface area contributed by atoms with Gasteiger partial charge in [0.25, 0.3) is 0 Å². The quantitative estimate of drug-likeness (QED) is 0.212. The summed E-state index contributed by atoms with van der Waals surface area (Å²) in [4.78, 5) is 41.8. The van der Waals surface area contributed by atoms with E-state index in [1.54, 1.807) is 0 Å². The molecule has 0 aromatic heterocycles. The normalized spacial score (nSPS) is 9.76. The van der Waals surface area contributed by atoms with Crippen LogP contribution in [-0.2, 0) is 19.2 Å². The first-order valence-electron chi connectivity index (χ1n) is 4.42. The van der Waals surface area contributed by atoms with E-state index >= 15 is 0 Å². The molecule has 0 radical (unpaired) electrons. The molecule has 0 saturated heterocycles. The van der Waals surface area contributed by atoms with E-state index in [0.29, 0.717) is 0 Å². The molecule has 0 aromatic carbocycles. The zero-order chi connectivity index (χ0) is 13.6. The zero-order valence-electron chi connectivity index (χ0n) is 16.5. The fourth-order valence-corrected chi connectivity index (χ4v) is 0.995. The van der Waals surface area contributed by atoms with Crippen LogP contribution in [-0.4, -0.2) is 56.4 Å². The molecule has 5 N–H and O–H groups in total. The summed E-state index contributed by atoms with van der Waals surface area (Å²) in [5.41, 5.74) is 0. The smallest absolute Gasteiger partial charge is 1.00 e. The molecule has 0 spiro atoms. The molecule has 0 aliphatic carbocycles. The van der Waals surface area contributed by atoms with Crippen molar-refractivity contribution in [3.63, 3.8) is 0 Å². The van der Waals surface area contributed by atoms with Gasteiger partial charge in [0.1, 0.15) is 6.04 Å². The molecule has 0 bridgehead atoms. The van der Waals surface area contributed by atoms with E-state index in [2.05, 4.69) is 0 Å². The van der Waals surface area contributed by atoms with Gasteiger partial charge in [-0.15, -0.1) is 0 Å². The van der Waals surface area contributed by atoms with Gasteiger partial charge in [-0.2, -0.15) is 0 Å². The van der Waals surface area contributed by atoms with E-state index in [4.69, 9.17) is 20.4 Å². The Morgan fingerprint density at radius 3 is 1.43 bits per heavy atom. The van der Waals surface area contributed by atoms with Crippen molar-refractivity contribution in [3.8, 4) is 0 Å². The van der Waals surface area contributed by atoms with Crippen LogP contribution < -0.4 is 124 Å². The maximum atomic E-state index is 10.7. The second-order valence-corrected chi connectivity index (χ2v) is 3.10. The van der Waals surface area contributed by atoms with Gasteiger partial charge in [0.2, 0.25) is 6.04 Å². The Kier molecular flexibility index (Phi) is 29.6. The average molecular weight is 345 g/mol. The van der Waals surface area contributed by atoms with Crippen LogP contribution in [0.5, 0.6) is 0 Å². The Hall–Kier alpha value is 1.84. The summed E-state index contributed by atoms with van der Waals surface area (Å²) in [6.07, 6.45) is -0.933. The number of carbonyl (C=O) groups is 4. The van der Waals surface area contributed by atoms with Crippen LogP contribution in [0.1, 0.15) is 18.5 Å². The van der Waals surface area contributed by atoms with Crippen molar-refractivity contribution in [2.75, 3.05) is 0 Å². The van der Waals surface area contributed by atoms with Gasteiger partial charge in [0.15, 0.2) is 0 Å². The van der Waals surface area contributed by atoms with E-state index in [-0.39, 0.29) is 124 Å². The standard InChI is InChI=1S/C8H11NO8.4Na.4H/c10-4(11)2-1-3(6(12)13)9-5(7(14)15)8(16)17;;;;;;;;/h3,5,9H,1-2H2,(H,10,11)(H,12,13)(H,14,15)(H,16,17);;;;;;;;/q;4*+1;4*-1. The van der Waals surface area contributed by atoms with Crippen LogP contribution in [0, 0.1) is 0 Å². The number of carboxylic acids is 4. The second kappa shape index (κ2) is 18.2. The minimum atomic E-state index is -2.09. The van der Waals surface area contributed by atoms with Gasteiger partial charge >= 0.3 is 142 Å². The van der Waals surface area contributed by atoms with E-state index < -0.39 is 48.8 Å². The Bertz CT molecular complexity index is 355. The summed E-state index contributed by atoms with van der Waals surface area (Å²) in [6.45, 7) is 0. The number of rotatable bonds is 8. The molecule has 0 saturated carbocycles. The van der Waals surface area contributed by atoms with Crippen molar-refractivity contribution in [2.45, 2.75) is 24.9 Å². The maximum absolute atomic E-state index is 10.7. The summed E-state index contributed by atoms with van der Waals surface area (Å²) in [6, 6.07) is -3.65. The van der Waals surface area contributed by atoms with Crippen molar-refractivity contribution < 1.29 is 164 Å². The first kappa shape index (κ1) is 34.2.